The Balaban J connectivity index is 3.09. The molecular weight excluding hydrogens is 182 g/mol. The van der Waals surface area contributed by atoms with Crippen molar-refractivity contribution in [3.8, 4) is 0 Å². The predicted molar refractivity (Wildman–Crippen MR) is 55.2 cm³/mol. The second-order valence-corrected chi connectivity index (χ2v) is 3.17. The SMILES string of the molecule is CCCOCCOCCN(C)C(C)=O. The van der Waals surface area contributed by atoms with Crippen molar-refractivity contribution in [2.75, 3.05) is 40.0 Å². The fraction of sp³-hybridized carbons (Fsp3) is 0.900. The topological polar surface area (TPSA) is 38.8 Å². The molecule has 0 N–H and O–H groups in total. The van der Waals surface area contributed by atoms with Crippen molar-refractivity contribution in [1.29, 1.82) is 0 Å². The molecule has 0 unspecified atom stereocenters. The monoisotopic (exact) mass is 203 g/mol. The molecule has 0 rings (SSSR count). The Morgan fingerprint density at radius 2 is 1.71 bits per heavy atom. The van der Waals surface area contributed by atoms with E-state index in [2.05, 4.69) is 6.92 Å². The van der Waals surface area contributed by atoms with Crippen LogP contribution in [0.3, 0.4) is 0 Å². The van der Waals surface area contributed by atoms with E-state index in [1.54, 1.807) is 18.9 Å². The first-order chi connectivity index (χ1) is 6.68. The highest BCUT2D eigenvalue weighted by Crippen LogP contribution is 1.85. The summed E-state index contributed by atoms with van der Waals surface area (Å²) in [6.45, 7) is 6.86. The summed E-state index contributed by atoms with van der Waals surface area (Å²) in [4.78, 5) is 12.4. The molecule has 84 valence electrons. The number of nitrogens with zero attached hydrogens (tertiary/aromatic N) is 1. The maximum atomic E-state index is 10.8. The third kappa shape index (κ3) is 8.01. The number of likely N-dealkylation sites (N-methyl/N-ethyl adjacent to an activating group) is 1. The van der Waals surface area contributed by atoms with E-state index in [-0.39, 0.29) is 5.91 Å². The number of amides is 1. The van der Waals surface area contributed by atoms with Crippen molar-refractivity contribution < 1.29 is 14.3 Å². The number of carbonyl (C=O) groups excluding carboxylic acids is 1. The third-order valence-electron chi connectivity index (χ3n) is 1.83. The molecule has 0 aliphatic heterocycles. The van der Waals surface area contributed by atoms with Gasteiger partial charge in [-0.3, -0.25) is 4.79 Å². The summed E-state index contributed by atoms with van der Waals surface area (Å²) in [5.74, 6) is 0.0656. The van der Waals surface area contributed by atoms with E-state index in [1.807, 2.05) is 0 Å². The van der Waals surface area contributed by atoms with E-state index in [4.69, 9.17) is 9.47 Å². The molecule has 0 aliphatic rings. The van der Waals surface area contributed by atoms with Crippen LogP contribution in [0.1, 0.15) is 20.3 Å². The van der Waals surface area contributed by atoms with Crippen LogP contribution in [0.2, 0.25) is 0 Å². The number of ether oxygens (including phenoxy) is 2. The number of hydrogen-bond acceptors (Lipinski definition) is 3. The van der Waals surface area contributed by atoms with Crippen molar-refractivity contribution >= 4 is 5.91 Å². The highest BCUT2D eigenvalue weighted by Gasteiger charge is 2.00. The molecule has 0 saturated carbocycles. The Labute approximate surface area is 86.2 Å². The zero-order valence-electron chi connectivity index (χ0n) is 9.41. The summed E-state index contributed by atoms with van der Waals surface area (Å²) in [7, 11) is 1.76. The smallest absolute Gasteiger partial charge is 0.219 e. The molecule has 0 bridgehead atoms. The largest absolute Gasteiger partial charge is 0.379 e. The summed E-state index contributed by atoms with van der Waals surface area (Å²) in [5.41, 5.74) is 0. The van der Waals surface area contributed by atoms with Gasteiger partial charge >= 0.3 is 0 Å². The molecule has 0 fully saturated rings. The molecule has 4 heteroatoms. The van der Waals surface area contributed by atoms with E-state index in [0.717, 1.165) is 13.0 Å². The molecule has 0 saturated heterocycles. The minimum atomic E-state index is 0.0656. The van der Waals surface area contributed by atoms with Gasteiger partial charge in [-0.15, -0.1) is 0 Å². The Kier molecular flexibility index (Phi) is 8.57. The lowest BCUT2D eigenvalue weighted by molar-refractivity contribution is -0.128. The summed E-state index contributed by atoms with van der Waals surface area (Å²) in [6.07, 6.45) is 1.03. The van der Waals surface area contributed by atoms with Gasteiger partial charge in [-0.05, 0) is 6.42 Å². The van der Waals surface area contributed by atoms with Gasteiger partial charge in [-0.1, -0.05) is 6.92 Å². The number of rotatable bonds is 8. The fourth-order valence-corrected chi connectivity index (χ4v) is 0.825. The van der Waals surface area contributed by atoms with E-state index < -0.39 is 0 Å². The zero-order chi connectivity index (χ0) is 10.8. The molecule has 0 aromatic heterocycles. The molecule has 14 heavy (non-hydrogen) atoms. The molecular formula is C10H21NO3. The van der Waals surface area contributed by atoms with Gasteiger partial charge in [0.15, 0.2) is 0 Å². The van der Waals surface area contributed by atoms with Gasteiger partial charge in [0.2, 0.25) is 5.91 Å². The van der Waals surface area contributed by atoms with E-state index in [9.17, 15) is 4.79 Å². The first-order valence-corrected chi connectivity index (χ1v) is 5.05. The lowest BCUT2D eigenvalue weighted by atomic mass is 10.5. The van der Waals surface area contributed by atoms with Crippen LogP contribution in [-0.2, 0) is 14.3 Å². The molecule has 0 aromatic rings. The Morgan fingerprint density at radius 3 is 2.21 bits per heavy atom. The van der Waals surface area contributed by atoms with Crippen LogP contribution in [0.25, 0.3) is 0 Å². The maximum Gasteiger partial charge on any atom is 0.219 e. The molecule has 4 nitrogen and oxygen atoms in total. The molecule has 0 heterocycles. The Morgan fingerprint density at radius 1 is 1.14 bits per heavy atom. The van der Waals surface area contributed by atoms with Crippen LogP contribution in [0.5, 0.6) is 0 Å². The average Bonchev–Trinajstić information content (AvgIpc) is 2.16. The molecule has 0 aromatic carbocycles. The van der Waals surface area contributed by atoms with Gasteiger partial charge in [-0.2, -0.15) is 0 Å². The van der Waals surface area contributed by atoms with Gasteiger partial charge in [0.25, 0.3) is 0 Å². The predicted octanol–water partition coefficient (Wildman–Crippen LogP) is 0.908. The van der Waals surface area contributed by atoms with E-state index >= 15 is 0 Å². The molecule has 0 spiro atoms. The second kappa shape index (κ2) is 8.97. The molecule has 0 radical (unpaired) electrons. The standard InChI is InChI=1S/C10H21NO3/c1-4-6-13-8-9-14-7-5-11(3)10(2)12/h4-9H2,1-3H3. The van der Waals surface area contributed by atoms with Gasteiger partial charge in [-0.25, -0.2) is 0 Å². The van der Waals surface area contributed by atoms with Gasteiger partial charge in [0, 0.05) is 27.1 Å². The van der Waals surface area contributed by atoms with Crippen LogP contribution in [0, 0.1) is 0 Å². The van der Waals surface area contributed by atoms with Crippen molar-refractivity contribution in [3.63, 3.8) is 0 Å². The summed E-state index contributed by atoms with van der Waals surface area (Å²) in [5, 5.41) is 0. The lowest BCUT2D eigenvalue weighted by Crippen LogP contribution is -2.28. The summed E-state index contributed by atoms with van der Waals surface area (Å²) in [6, 6.07) is 0. The van der Waals surface area contributed by atoms with Gasteiger partial charge in [0.1, 0.15) is 0 Å². The van der Waals surface area contributed by atoms with Crippen LogP contribution in [0.15, 0.2) is 0 Å². The third-order valence-corrected chi connectivity index (χ3v) is 1.83. The number of hydrogen-bond donors (Lipinski definition) is 0. The van der Waals surface area contributed by atoms with Crippen molar-refractivity contribution in [2.45, 2.75) is 20.3 Å². The van der Waals surface area contributed by atoms with Crippen molar-refractivity contribution in [1.82, 2.24) is 4.90 Å². The van der Waals surface area contributed by atoms with Crippen LogP contribution in [0.4, 0.5) is 0 Å². The van der Waals surface area contributed by atoms with E-state index in [0.29, 0.717) is 26.4 Å². The van der Waals surface area contributed by atoms with Crippen LogP contribution >= 0.6 is 0 Å². The van der Waals surface area contributed by atoms with Crippen molar-refractivity contribution in [3.05, 3.63) is 0 Å². The summed E-state index contributed by atoms with van der Waals surface area (Å²) < 4.78 is 10.5. The highest BCUT2D eigenvalue weighted by molar-refractivity contribution is 5.72. The second-order valence-electron chi connectivity index (χ2n) is 3.17. The van der Waals surface area contributed by atoms with Crippen LogP contribution in [-0.4, -0.2) is 50.8 Å². The zero-order valence-corrected chi connectivity index (χ0v) is 9.41. The lowest BCUT2D eigenvalue weighted by Gasteiger charge is -2.14. The maximum absolute atomic E-state index is 10.8. The average molecular weight is 203 g/mol. The number of carbonyl (C=O) groups is 1. The quantitative estimate of drug-likeness (QED) is 0.550. The first-order valence-electron chi connectivity index (χ1n) is 5.05. The molecule has 0 atom stereocenters. The minimum Gasteiger partial charge on any atom is -0.379 e. The van der Waals surface area contributed by atoms with Crippen LogP contribution < -0.4 is 0 Å². The molecule has 0 aliphatic carbocycles. The molecule has 1 amide bonds. The van der Waals surface area contributed by atoms with Gasteiger partial charge in [0.05, 0.1) is 19.8 Å². The Bertz CT molecular complexity index is 150. The van der Waals surface area contributed by atoms with E-state index in [1.165, 1.54) is 0 Å². The first kappa shape index (κ1) is 13.4. The normalized spacial score (nSPS) is 10.2. The minimum absolute atomic E-state index is 0.0656. The van der Waals surface area contributed by atoms with Crippen molar-refractivity contribution in [2.24, 2.45) is 0 Å². The fourth-order valence-electron chi connectivity index (χ4n) is 0.825. The summed E-state index contributed by atoms with van der Waals surface area (Å²) >= 11 is 0. The Hall–Kier alpha value is -0.610. The highest BCUT2D eigenvalue weighted by atomic mass is 16.5. The van der Waals surface area contributed by atoms with Gasteiger partial charge < -0.3 is 14.4 Å².